The number of amides is 1. The summed E-state index contributed by atoms with van der Waals surface area (Å²) in [6.07, 6.45) is 6.74. The highest BCUT2D eigenvalue weighted by molar-refractivity contribution is 6.04. The second kappa shape index (κ2) is 11.1. The first-order valence-corrected chi connectivity index (χ1v) is 13.7. The summed E-state index contributed by atoms with van der Waals surface area (Å²) in [6.45, 7) is 2.70. The highest BCUT2D eigenvalue weighted by Gasteiger charge is 2.23. The van der Waals surface area contributed by atoms with Crippen LogP contribution in [0.3, 0.4) is 0 Å². The maximum Gasteiger partial charge on any atom is 0.257 e. The quantitative estimate of drug-likeness (QED) is 0.309. The van der Waals surface area contributed by atoms with Gasteiger partial charge in [-0.05, 0) is 60.7 Å². The normalized spacial score (nSPS) is 13.4. The van der Waals surface area contributed by atoms with Gasteiger partial charge >= 0.3 is 0 Å². The number of imidazole rings is 1. The number of carbonyl (C=O) groups excluding carboxylic acids is 1. The number of morpholine rings is 1. The average molecular weight is 576 g/mol. The fourth-order valence-corrected chi connectivity index (χ4v) is 5.21. The third kappa shape index (κ3) is 5.19. The summed E-state index contributed by atoms with van der Waals surface area (Å²) in [5.74, 6) is 0.466. The van der Waals surface area contributed by atoms with Crippen LogP contribution in [-0.2, 0) is 11.8 Å². The Morgan fingerprint density at radius 2 is 1.72 bits per heavy atom. The first-order valence-electron chi connectivity index (χ1n) is 13.7. The maximum atomic E-state index is 13.8. The van der Waals surface area contributed by atoms with E-state index in [1.54, 1.807) is 58.3 Å². The monoisotopic (exact) mass is 575 g/mol. The SMILES string of the molecule is Cn1nc(-c2ccc(F)cc2)c(-c2ccc3nc(NC(=O)c4ccnc(N5CCOCC5)c4)cn3n2)c1-c1ccncc1. The van der Waals surface area contributed by atoms with Crippen molar-refractivity contribution in [3.05, 3.63) is 96.8 Å². The second-order valence-corrected chi connectivity index (χ2v) is 10.0. The zero-order valence-electron chi connectivity index (χ0n) is 23.2. The molecule has 1 aliphatic heterocycles. The highest BCUT2D eigenvalue weighted by atomic mass is 19.1. The lowest BCUT2D eigenvalue weighted by Crippen LogP contribution is -2.36. The summed E-state index contributed by atoms with van der Waals surface area (Å²) < 4.78 is 22.6. The van der Waals surface area contributed by atoms with E-state index in [1.807, 2.05) is 31.3 Å². The van der Waals surface area contributed by atoms with Crippen molar-refractivity contribution in [2.75, 3.05) is 36.5 Å². The molecule has 1 aromatic carbocycles. The van der Waals surface area contributed by atoms with Gasteiger partial charge in [-0.25, -0.2) is 18.9 Å². The van der Waals surface area contributed by atoms with Gasteiger partial charge in [0.25, 0.3) is 5.91 Å². The molecule has 0 spiro atoms. The Morgan fingerprint density at radius 3 is 2.51 bits per heavy atom. The number of hydrogen-bond donors (Lipinski definition) is 1. The fourth-order valence-electron chi connectivity index (χ4n) is 5.21. The second-order valence-electron chi connectivity index (χ2n) is 10.0. The van der Waals surface area contributed by atoms with Crippen LogP contribution in [0.2, 0.25) is 0 Å². The van der Waals surface area contributed by atoms with Crippen molar-refractivity contribution < 1.29 is 13.9 Å². The van der Waals surface area contributed by atoms with Crippen molar-refractivity contribution in [3.63, 3.8) is 0 Å². The van der Waals surface area contributed by atoms with E-state index in [0.717, 1.165) is 41.3 Å². The van der Waals surface area contributed by atoms with E-state index in [9.17, 15) is 9.18 Å². The van der Waals surface area contributed by atoms with Crippen molar-refractivity contribution in [2.45, 2.75) is 0 Å². The molecule has 1 aliphatic rings. The van der Waals surface area contributed by atoms with Crippen molar-refractivity contribution in [1.29, 1.82) is 0 Å². The molecule has 214 valence electrons. The molecule has 1 N–H and O–H groups in total. The first kappa shape index (κ1) is 26.4. The van der Waals surface area contributed by atoms with Crippen LogP contribution in [0.25, 0.3) is 39.4 Å². The van der Waals surface area contributed by atoms with Crippen molar-refractivity contribution in [1.82, 2.24) is 34.3 Å². The first-order chi connectivity index (χ1) is 21.0. The van der Waals surface area contributed by atoms with Gasteiger partial charge in [0.2, 0.25) is 0 Å². The molecule has 6 aromatic rings. The highest BCUT2D eigenvalue weighted by Crippen LogP contribution is 2.38. The molecule has 0 radical (unpaired) electrons. The van der Waals surface area contributed by atoms with Gasteiger partial charge in [0.05, 0.1) is 36.4 Å². The van der Waals surface area contributed by atoms with Crippen LogP contribution in [0.15, 0.2) is 85.5 Å². The average Bonchev–Trinajstić information content (AvgIpc) is 3.61. The van der Waals surface area contributed by atoms with Gasteiger partial charge in [0.1, 0.15) is 17.3 Å². The van der Waals surface area contributed by atoms with Gasteiger partial charge in [-0.15, -0.1) is 0 Å². The molecule has 0 bridgehead atoms. The number of halogens is 1. The Labute approximate surface area is 245 Å². The topological polar surface area (TPSA) is 115 Å². The number of hydrogen-bond acceptors (Lipinski definition) is 8. The van der Waals surface area contributed by atoms with E-state index in [1.165, 1.54) is 12.1 Å². The van der Waals surface area contributed by atoms with Crippen LogP contribution in [0.4, 0.5) is 16.0 Å². The third-order valence-corrected chi connectivity index (χ3v) is 7.28. The Balaban J connectivity index is 1.23. The lowest BCUT2D eigenvalue weighted by atomic mass is 9.99. The summed E-state index contributed by atoms with van der Waals surface area (Å²) in [6, 6.07) is 17.2. The van der Waals surface area contributed by atoms with Crippen molar-refractivity contribution in [2.24, 2.45) is 7.05 Å². The zero-order chi connectivity index (χ0) is 29.3. The molecule has 1 saturated heterocycles. The molecule has 6 heterocycles. The van der Waals surface area contributed by atoms with Crippen LogP contribution < -0.4 is 10.2 Å². The lowest BCUT2D eigenvalue weighted by molar-refractivity contribution is 0.102. The third-order valence-electron chi connectivity index (χ3n) is 7.28. The summed E-state index contributed by atoms with van der Waals surface area (Å²) in [4.78, 5) is 28.4. The molecule has 5 aromatic heterocycles. The smallest absolute Gasteiger partial charge is 0.257 e. The van der Waals surface area contributed by atoms with E-state index in [2.05, 4.69) is 25.2 Å². The number of carbonyl (C=O) groups is 1. The number of rotatable bonds is 6. The number of fused-ring (bicyclic) bond motifs is 1. The molecule has 7 rings (SSSR count). The maximum absolute atomic E-state index is 13.8. The number of anilines is 2. The predicted molar refractivity (Wildman–Crippen MR) is 159 cm³/mol. The molecule has 0 aliphatic carbocycles. The van der Waals surface area contributed by atoms with Crippen LogP contribution in [-0.4, -0.2) is 66.6 Å². The van der Waals surface area contributed by atoms with E-state index >= 15 is 0 Å². The Morgan fingerprint density at radius 1 is 0.930 bits per heavy atom. The molecule has 12 heteroatoms. The Hall–Kier alpha value is -5.49. The van der Waals surface area contributed by atoms with Gasteiger partial charge in [-0.2, -0.15) is 10.2 Å². The molecular formula is C31H26FN9O2. The number of nitrogens with zero attached hydrogens (tertiary/aromatic N) is 8. The predicted octanol–water partition coefficient (Wildman–Crippen LogP) is 4.48. The Kier molecular flexibility index (Phi) is 6.79. The zero-order valence-corrected chi connectivity index (χ0v) is 23.2. The van der Waals surface area contributed by atoms with Crippen LogP contribution in [0, 0.1) is 5.82 Å². The molecule has 1 fully saturated rings. The number of nitrogens with one attached hydrogen (secondary N) is 1. The van der Waals surface area contributed by atoms with Gasteiger partial charge in [0.15, 0.2) is 11.5 Å². The molecule has 11 nitrogen and oxygen atoms in total. The minimum atomic E-state index is -0.327. The van der Waals surface area contributed by atoms with Crippen molar-refractivity contribution >= 4 is 23.2 Å². The van der Waals surface area contributed by atoms with Crippen LogP contribution >= 0.6 is 0 Å². The number of aryl methyl sites for hydroxylation is 1. The molecule has 43 heavy (non-hydrogen) atoms. The largest absolute Gasteiger partial charge is 0.378 e. The summed E-state index contributed by atoms with van der Waals surface area (Å²) in [5, 5.41) is 12.5. The molecular weight excluding hydrogens is 549 g/mol. The summed E-state index contributed by atoms with van der Waals surface area (Å²) in [7, 11) is 1.86. The molecule has 0 saturated carbocycles. The minimum Gasteiger partial charge on any atom is -0.378 e. The van der Waals surface area contributed by atoms with E-state index in [4.69, 9.17) is 14.9 Å². The number of benzene rings is 1. The minimum absolute atomic E-state index is 0.300. The van der Waals surface area contributed by atoms with Gasteiger partial charge in [-0.3, -0.25) is 14.5 Å². The number of aromatic nitrogens is 7. The molecule has 0 unspecified atom stereocenters. The van der Waals surface area contributed by atoms with Gasteiger partial charge < -0.3 is 15.0 Å². The lowest BCUT2D eigenvalue weighted by Gasteiger charge is -2.27. The summed E-state index contributed by atoms with van der Waals surface area (Å²) in [5.41, 5.74) is 5.58. The van der Waals surface area contributed by atoms with Crippen LogP contribution in [0.1, 0.15) is 10.4 Å². The van der Waals surface area contributed by atoms with E-state index in [0.29, 0.717) is 41.6 Å². The summed E-state index contributed by atoms with van der Waals surface area (Å²) >= 11 is 0. The standard InChI is InChI=1S/C31H26FN9O2/c1-39-30(21-8-11-33-12-9-21)28(29(38-39)20-2-4-23(32)5-3-20)24-6-7-26-35-25(19-41(26)37-24)36-31(42)22-10-13-34-27(18-22)40-14-16-43-17-15-40/h2-13,18-19H,14-17H2,1H3,(H,36,42). The van der Waals surface area contributed by atoms with E-state index in [-0.39, 0.29) is 11.7 Å². The van der Waals surface area contributed by atoms with E-state index < -0.39 is 0 Å². The fraction of sp³-hybridized carbons (Fsp3) is 0.161. The molecule has 0 atom stereocenters. The van der Waals surface area contributed by atoms with Crippen molar-refractivity contribution in [3.8, 4) is 33.8 Å². The van der Waals surface area contributed by atoms with Gasteiger partial charge in [0, 0.05) is 55.4 Å². The Bertz CT molecular complexity index is 1930. The van der Waals surface area contributed by atoms with Crippen LogP contribution in [0.5, 0.6) is 0 Å². The molecule has 1 amide bonds. The number of ether oxygens (including phenoxy) is 1. The van der Waals surface area contributed by atoms with Gasteiger partial charge in [-0.1, -0.05) is 0 Å². The number of pyridine rings is 2.